The molecule has 0 aromatic rings. The third kappa shape index (κ3) is 47.7. The highest BCUT2D eigenvalue weighted by molar-refractivity contribution is 7.47. The molecule has 0 aliphatic rings. The van der Waals surface area contributed by atoms with E-state index in [-0.39, 0.29) is 32.0 Å². The van der Waals surface area contributed by atoms with Crippen molar-refractivity contribution < 1.29 is 42.1 Å². The van der Waals surface area contributed by atoms with Gasteiger partial charge < -0.3 is 18.9 Å². The molecule has 0 bridgehead atoms. The summed E-state index contributed by atoms with van der Waals surface area (Å²) in [6.45, 7) is 4.41. The lowest BCUT2D eigenvalue weighted by Gasteiger charge is -2.24. The van der Waals surface area contributed by atoms with Gasteiger partial charge in [0.2, 0.25) is 0 Å². The van der Waals surface area contributed by atoms with Crippen LogP contribution in [0, 0.1) is 0 Å². The van der Waals surface area contributed by atoms with E-state index < -0.39 is 26.5 Å². The first-order valence-electron chi connectivity index (χ1n) is 25.7. The smallest absolute Gasteiger partial charge is 0.462 e. The van der Waals surface area contributed by atoms with Crippen molar-refractivity contribution in [2.75, 3.05) is 47.5 Å². The molecule has 1 N–H and O–H groups in total. The van der Waals surface area contributed by atoms with E-state index >= 15 is 0 Å². The SMILES string of the molecule is CCCCC/C=C\C/C=C\CCCCCCCCCC(=O)OC[C@H](COP(=O)(O)OCC[N+](C)(C)C)OC(=O)CCCCCCCCCCCCC/C=C\CCCCCCCC. The molecule has 364 valence electrons. The van der Waals surface area contributed by atoms with Gasteiger partial charge in [0.1, 0.15) is 19.8 Å². The Bertz CT molecular complexity index is 1150. The molecule has 0 aromatic heterocycles. The number of hydrogen-bond donors (Lipinski definition) is 1. The molecule has 0 fully saturated rings. The van der Waals surface area contributed by atoms with Crippen LogP contribution in [0.25, 0.3) is 0 Å². The van der Waals surface area contributed by atoms with E-state index in [1.54, 1.807) is 0 Å². The van der Waals surface area contributed by atoms with Crippen molar-refractivity contribution in [1.29, 1.82) is 0 Å². The number of quaternary nitrogens is 1. The van der Waals surface area contributed by atoms with Crippen LogP contribution in [0.4, 0.5) is 0 Å². The first-order chi connectivity index (χ1) is 30.0. The normalized spacial score (nSPS) is 13.7. The number of carbonyl (C=O) groups is 2. The van der Waals surface area contributed by atoms with Crippen LogP contribution in [0.5, 0.6) is 0 Å². The average Bonchev–Trinajstić information content (AvgIpc) is 3.23. The molecule has 2 atom stereocenters. The fourth-order valence-corrected chi connectivity index (χ4v) is 7.84. The summed E-state index contributed by atoms with van der Waals surface area (Å²) in [6.07, 6.45) is 51.9. The van der Waals surface area contributed by atoms with Crippen molar-refractivity contribution >= 4 is 19.8 Å². The minimum Gasteiger partial charge on any atom is -0.462 e. The zero-order valence-electron chi connectivity index (χ0n) is 41.1. The molecular weight excluding hydrogens is 798 g/mol. The Morgan fingerprint density at radius 1 is 0.500 bits per heavy atom. The molecule has 0 saturated heterocycles. The highest BCUT2D eigenvalue weighted by Gasteiger charge is 2.27. The van der Waals surface area contributed by atoms with Crippen molar-refractivity contribution in [3.05, 3.63) is 36.5 Å². The van der Waals surface area contributed by atoms with E-state index in [2.05, 4.69) is 50.3 Å². The van der Waals surface area contributed by atoms with Gasteiger partial charge in [-0.2, -0.15) is 0 Å². The Morgan fingerprint density at radius 2 is 0.871 bits per heavy atom. The highest BCUT2D eigenvalue weighted by atomic mass is 31.2. The molecule has 0 saturated carbocycles. The lowest BCUT2D eigenvalue weighted by Crippen LogP contribution is -2.37. The Hall–Kier alpha value is -1.77. The molecule has 0 aliphatic carbocycles. The summed E-state index contributed by atoms with van der Waals surface area (Å²) < 4.78 is 34.5. The Labute approximate surface area is 382 Å². The predicted octanol–water partition coefficient (Wildman–Crippen LogP) is 15.3. The predicted molar refractivity (Wildman–Crippen MR) is 261 cm³/mol. The van der Waals surface area contributed by atoms with Gasteiger partial charge in [-0.25, -0.2) is 4.57 Å². The summed E-state index contributed by atoms with van der Waals surface area (Å²) in [5.41, 5.74) is 0. The second-order valence-corrected chi connectivity index (χ2v) is 20.0. The van der Waals surface area contributed by atoms with Gasteiger partial charge in [-0.3, -0.25) is 18.6 Å². The number of esters is 2. The number of unbranched alkanes of at least 4 members (excludes halogenated alkanes) is 27. The number of allylic oxidation sites excluding steroid dienone is 6. The van der Waals surface area contributed by atoms with Gasteiger partial charge in [0.05, 0.1) is 27.7 Å². The number of phosphoric acid groups is 1. The number of nitrogens with zero attached hydrogens (tertiary/aromatic N) is 1. The monoisotopic (exact) mass is 897 g/mol. The summed E-state index contributed by atoms with van der Waals surface area (Å²) in [4.78, 5) is 35.5. The quantitative estimate of drug-likeness (QED) is 0.0212. The maximum atomic E-state index is 12.8. The van der Waals surface area contributed by atoms with E-state index in [0.717, 1.165) is 51.4 Å². The third-order valence-corrected chi connectivity index (χ3v) is 12.1. The molecule has 9 nitrogen and oxygen atoms in total. The summed E-state index contributed by atoms with van der Waals surface area (Å²) in [5, 5.41) is 0. The zero-order valence-corrected chi connectivity index (χ0v) is 42.0. The fourth-order valence-electron chi connectivity index (χ4n) is 7.10. The average molecular weight is 897 g/mol. The Morgan fingerprint density at radius 3 is 1.32 bits per heavy atom. The molecule has 1 unspecified atom stereocenters. The summed E-state index contributed by atoms with van der Waals surface area (Å²) in [6, 6.07) is 0. The van der Waals surface area contributed by atoms with Crippen LogP contribution >= 0.6 is 7.82 Å². The van der Waals surface area contributed by atoms with Crippen molar-refractivity contribution in [2.45, 2.75) is 238 Å². The van der Waals surface area contributed by atoms with Gasteiger partial charge in [-0.05, 0) is 70.6 Å². The number of carbonyl (C=O) groups excluding carboxylic acids is 2. The Kier molecular flexibility index (Phi) is 43.2. The van der Waals surface area contributed by atoms with Crippen molar-refractivity contribution in [2.24, 2.45) is 0 Å². The van der Waals surface area contributed by atoms with Crippen LogP contribution in [-0.2, 0) is 32.7 Å². The van der Waals surface area contributed by atoms with Gasteiger partial charge in [0.25, 0.3) is 0 Å². The first-order valence-corrected chi connectivity index (χ1v) is 27.2. The van der Waals surface area contributed by atoms with Crippen LogP contribution in [0.3, 0.4) is 0 Å². The maximum Gasteiger partial charge on any atom is 0.472 e. The van der Waals surface area contributed by atoms with Crippen molar-refractivity contribution in [3.8, 4) is 0 Å². The standard InChI is InChI=1S/C52H98NO8P/c1-6-8-10-12-14-16-18-20-22-24-25-26-27-29-31-33-35-37-39-41-43-45-52(55)61-50(49-60-62(56,57)59-47-46-53(3,4)5)48-58-51(54)44-42-40-38-36-34-32-30-28-23-21-19-17-15-13-11-9-7-2/h15,17,20-23,50H,6-14,16,18-19,24-49H2,1-5H3/p+1/b17-15-,22-20-,23-21-/t50-/m1/s1. The molecule has 0 amide bonds. The third-order valence-electron chi connectivity index (χ3n) is 11.1. The minimum absolute atomic E-state index is 0.0307. The molecule has 10 heteroatoms. The van der Waals surface area contributed by atoms with Gasteiger partial charge in [0.15, 0.2) is 6.10 Å². The Balaban J connectivity index is 4.25. The zero-order chi connectivity index (χ0) is 45.7. The van der Waals surface area contributed by atoms with E-state index in [4.69, 9.17) is 18.5 Å². The molecule has 62 heavy (non-hydrogen) atoms. The highest BCUT2D eigenvalue weighted by Crippen LogP contribution is 2.43. The summed E-state index contributed by atoms with van der Waals surface area (Å²) in [7, 11) is 1.48. The molecule has 0 heterocycles. The molecule has 0 spiro atoms. The lowest BCUT2D eigenvalue weighted by atomic mass is 10.0. The van der Waals surface area contributed by atoms with Gasteiger partial charge in [-0.1, -0.05) is 185 Å². The fraction of sp³-hybridized carbons (Fsp3) is 0.846. The number of ether oxygens (including phenoxy) is 2. The van der Waals surface area contributed by atoms with Crippen molar-refractivity contribution in [3.63, 3.8) is 0 Å². The summed E-state index contributed by atoms with van der Waals surface area (Å²) >= 11 is 0. The molecule has 0 aliphatic heterocycles. The second-order valence-electron chi connectivity index (χ2n) is 18.5. The van der Waals surface area contributed by atoms with Crippen LogP contribution in [0.15, 0.2) is 36.5 Å². The van der Waals surface area contributed by atoms with Gasteiger partial charge in [-0.15, -0.1) is 0 Å². The largest absolute Gasteiger partial charge is 0.472 e. The lowest BCUT2D eigenvalue weighted by molar-refractivity contribution is -0.870. The molecular formula is C52H99NO8P+. The number of phosphoric ester groups is 1. The summed E-state index contributed by atoms with van der Waals surface area (Å²) in [5.74, 6) is -0.801. The number of rotatable bonds is 47. The van der Waals surface area contributed by atoms with Crippen LogP contribution < -0.4 is 0 Å². The maximum absolute atomic E-state index is 12.8. The second kappa shape index (κ2) is 44.4. The first kappa shape index (κ1) is 60.2. The van der Waals surface area contributed by atoms with Crippen molar-refractivity contribution in [1.82, 2.24) is 0 Å². The van der Waals surface area contributed by atoms with E-state index in [1.807, 2.05) is 21.1 Å². The molecule has 0 rings (SSSR count). The van der Waals surface area contributed by atoms with Crippen LogP contribution in [-0.4, -0.2) is 74.9 Å². The topological polar surface area (TPSA) is 108 Å². The molecule has 0 aromatic carbocycles. The van der Waals surface area contributed by atoms with E-state index in [9.17, 15) is 19.0 Å². The van der Waals surface area contributed by atoms with Gasteiger partial charge >= 0.3 is 19.8 Å². The van der Waals surface area contributed by atoms with Crippen LogP contribution in [0.1, 0.15) is 232 Å². The van der Waals surface area contributed by atoms with Crippen LogP contribution in [0.2, 0.25) is 0 Å². The molecule has 0 radical (unpaired) electrons. The number of likely N-dealkylation sites (N-methyl/N-ethyl adjacent to an activating group) is 1. The van der Waals surface area contributed by atoms with E-state index in [0.29, 0.717) is 17.4 Å². The number of hydrogen-bond acceptors (Lipinski definition) is 7. The van der Waals surface area contributed by atoms with E-state index in [1.165, 1.54) is 148 Å². The minimum atomic E-state index is -4.38. The van der Waals surface area contributed by atoms with Gasteiger partial charge in [0, 0.05) is 12.8 Å².